The van der Waals surface area contributed by atoms with Crippen LogP contribution in [-0.4, -0.2) is 0 Å². The Morgan fingerprint density at radius 1 is 0.933 bits per heavy atom. The van der Waals surface area contributed by atoms with Gasteiger partial charge in [0.25, 0.3) is 0 Å². The molecule has 6 aliphatic carbocycles. The highest BCUT2D eigenvalue weighted by atomic mass is 14.9. The van der Waals surface area contributed by atoms with Crippen molar-refractivity contribution in [3.8, 4) is 0 Å². The van der Waals surface area contributed by atoms with Gasteiger partial charge in [-0.1, -0.05) is 6.92 Å². The summed E-state index contributed by atoms with van der Waals surface area (Å²) in [5, 5.41) is 0. The van der Waals surface area contributed by atoms with E-state index in [0.717, 1.165) is 10.8 Å². The van der Waals surface area contributed by atoms with Gasteiger partial charge in [-0.05, 0) is 84.4 Å². The zero-order valence-corrected chi connectivity index (χ0v) is 9.58. The third-order valence-electron chi connectivity index (χ3n) is 8.63. The molecule has 0 radical (unpaired) electrons. The molecule has 0 saturated heterocycles. The summed E-state index contributed by atoms with van der Waals surface area (Å²) in [5.74, 6) is 8.50. The summed E-state index contributed by atoms with van der Waals surface area (Å²) in [7, 11) is 0. The summed E-state index contributed by atoms with van der Waals surface area (Å²) < 4.78 is 0. The third-order valence-corrected chi connectivity index (χ3v) is 8.63. The summed E-state index contributed by atoms with van der Waals surface area (Å²) >= 11 is 0. The van der Waals surface area contributed by atoms with E-state index in [1.807, 2.05) is 0 Å². The largest absolute Gasteiger partial charge is 0.0585 e. The van der Waals surface area contributed by atoms with Crippen molar-refractivity contribution in [1.29, 1.82) is 0 Å². The van der Waals surface area contributed by atoms with E-state index >= 15 is 0 Å². The summed E-state index contributed by atoms with van der Waals surface area (Å²) in [4.78, 5) is 0. The lowest BCUT2D eigenvalue weighted by Gasteiger charge is -2.69. The van der Waals surface area contributed by atoms with Crippen LogP contribution >= 0.6 is 0 Å². The number of hydrogen-bond acceptors (Lipinski definition) is 0. The van der Waals surface area contributed by atoms with E-state index in [4.69, 9.17) is 0 Å². The third kappa shape index (κ3) is 0.423. The molecule has 6 rings (SSSR count). The fraction of sp³-hybridized carbons (Fsp3) is 1.00. The smallest absolute Gasteiger partial charge is 0.0199 e. The molecule has 6 fully saturated rings. The van der Waals surface area contributed by atoms with Crippen LogP contribution in [0.25, 0.3) is 0 Å². The molecule has 9 unspecified atom stereocenters. The molecule has 0 aliphatic heterocycles. The molecule has 15 heavy (non-hydrogen) atoms. The summed E-state index contributed by atoms with van der Waals surface area (Å²) in [6, 6.07) is 0. The van der Waals surface area contributed by atoms with E-state index in [9.17, 15) is 0 Å². The number of rotatable bonds is 0. The summed E-state index contributed by atoms with van der Waals surface area (Å²) in [5.41, 5.74) is 1.80. The molecule has 1 spiro atoms. The molecule has 0 N–H and O–H groups in total. The molecule has 80 valence electrons. The van der Waals surface area contributed by atoms with Crippen molar-refractivity contribution in [2.75, 3.05) is 0 Å². The SMILES string of the molecule is CC12C3C4CC5CC6C(CC61C5)C2C3C4. The van der Waals surface area contributed by atoms with Crippen LogP contribution in [0.5, 0.6) is 0 Å². The molecule has 0 heterocycles. The average molecular weight is 200 g/mol. The van der Waals surface area contributed by atoms with Gasteiger partial charge in [-0.15, -0.1) is 0 Å². The normalized spacial score (nSPS) is 84.2. The topological polar surface area (TPSA) is 0 Å². The molecule has 6 aliphatic rings. The second-order valence-electron chi connectivity index (χ2n) is 8.17. The molecule has 3 bridgehead atoms. The minimum absolute atomic E-state index is 0.876. The summed E-state index contributed by atoms with van der Waals surface area (Å²) in [6.45, 7) is 2.73. The van der Waals surface area contributed by atoms with Gasteiger partial charge in [-0.3, -0.25) is 0 Å². The molecule has 0 nitrogen and oxygen atoms in total. The molecular weight excluding hydrogens is 180 g/mol. The first-order chi connectivity index (χ1) is 7.26. The first-order valence-electron chi connectivity index (χ1n) is 7.26. The van der Waals surface area contributed by atoms with Crippen LogP contribution in [0.3, 0.4) is 0 Å². The Bertz CT molecular complexity index is 393. The minimum atomic E-state index is 0.876. The molecule has 0 aromatic heterocycles. The van der Waals surface area contributed by atoms with Gasteiger partial charge in [-0.2, -0.15) is 0 Å². The highest BCUT2D eigenvalue weighted by Crippen LogP contribution is 2.94. The van der Waals surface area contributed by atoms with E-state index in [-0.39, 0.29) is 0 Å². The van der Waals surface area contributed by atoms with Crippen molar-refractivity contribution in [3.63, 3.8) is 0 Å². The maximum absolute atomic E-state index is 2.73. The summed E-state index contributed by atoms with van der Waals surface area (Å²) in [6.07, 6.45) is 8.30. The second kappa shape index (κ2) is 1.64. The standard InChI is InChI=1S/C15H20/c1-14-12-8-2-7-3-11-10(6-15(11,14)5-7)13(14)9(12)4-8/h7-13H,2-6H2,1H3. The Kier molecular flexibility index (Phi) is 0.803. The van der Waals surface area contributed by atoms with Crippen LogP contribution in [0.2, 0.25) is 0 Å². The van der Waals surface area contributed by atoms with E-state index in [1.54, 1.807) is 32.1 Å². The predicted molar refractivity (Wildman–Crippen MR) is 58.1 cm³/mol. The zero-order chi connectivity index (χ0) is 9.58. The van der Waals surface area contributed by atoms with E-state index < -0.39 is 0 Å². The van der Waals surface area contributed by atoms with Gasteiger partial charge >= 0.3 is 0 Å². The van der Waals surface area contributed by atoms with Crippen LogP contribution in [0.15, 0.2) is 0 Å². The van der Waals surface area contributed by atoms with Crippen molar-refractivity contribution in [1.82, 2.24) is 0 Å². The molecule has 0 amide bonds. The molecule has 0 aromatic carbocycles. The maximum Gasteiger partial charge on any atom is -0.0199 e. The lowest BCUT2D eigenvalue weighted by Crippen LogP contribution is -2.64. The van der Waals surface area contributed by atoms with Crippen molar-refractivity contribution in [2.24, 2.45) is 52.3 Å². The predicted octanol–water partition coefficient (Wildman–Crippen LogP) is 3.32. The average Bonchev–Trinajstić information content (AvgIpc) is 2.64. The van der Waals surface area contributed by atoms with Crippen molar-refractivity contribution in [3.05, 3.63) is 0 Å². The lowest BCUT2D eigenvalue weighted by molar-refractivity contribution is -0.220. The number of fused-ring (bicyclic) bond motifs is 3. The Hall–Kier alpha value is 0. The first kappa shape index (κ1) is 7.35. The molecule has 0 aromatic rings. The van der Waals surface area contributed by atoms with E-state index in [0.29, 0.717) is 0 Å². The maximum atomic E-state index is 2.73. The second-order valence-corrected chi connectivity index (χ2v) is 8.17. The van der Waals surface area contributed by atoms with Crippen molar-refractivity contribution >= 4 is 0 Å². The van der Waals surface area contributed by atoms with Crippen molar-refractivity contribution < 1.29 is 0 Å². The Balaban J connectivity index is 1.69. The van der Waals surface area contributed by atoms with Gasteiger partial charge in [0.2, 0.25) is 0 Å². The van der Waals surface area contributed by atoms with Gasteiger partial charge in [-0.25, -0.2) is 0 Å². The van der Waals surface area contributed by atoms with Gasteiger partial charge in [0.15, 0.2) is 0 Å². The Morgan fingerprint density at radius 2 is 1.87 bits per heavy atom. The fourth-order valence-corrected chi connectivity index (χ4v) is 8.70. The first-order valence-corrected chi connectivity index (χ1v) is 7.26. The van der Waals surface area contributed by atoms with Gasteiger partial charge in [0, 0.05) is 0 Å². The fourth-order valence-electron chi connectivity index (χ4n) is 8.70. The molecule has 9 atom stereocenters. The van der Waals surface area contributed by atoms with E-state index in [2.05, 4.69) is 6.92 Å². The van der Waals surface area contributed by atoms with Crippen LogP contribution in [0.1, 0.15) is 39.0 Å². The van der Waals surface area contributed by atoms with Crippen LogP contribution < -0.4 is 0 Å². The van der Waals surface area contributed by atoms with E-state index in [1.165, 1.54) is 41.4 Å². The number of hydrogen-bond donors (Lipinski definition) is 0. The van der Waals surface area contributed by atoms with Crippen LogP contribution in [0.4, 0.5) is 0 Å². The van der Waals surface area contributed by atoms with Gasteiger partial charge < -0.3 is 0 Å². The van der Waals surface area contributed by atoms with Gasteiger partial charge in [0.05, 0.1) is 0 Å². The molecule has 6 saturated carbocycles. The highest BCUT2D eigenvalue weighted by molar-refractivity contribution is 5.36. The molecule has 0 heteroatoms. The van der Waals surface area contributed by atoms with Crippen LogP contribution in [0, 0.1) is 52.3 Å². The molecular formula is C15H20. The van der Waals surface area contributed by atoms with Gasteiger partial charge in [0.1, 0.15) is 0 Å². The van der Waals surface area contributed by atoms with Crippen LogP contribution in [-0.2, 0) is 0 Å². The quantitative estimate of drug-likeness (QED) is 0.562. The Morgan fingerprint density at radius 3 is 2.80 bits per heavy atom. The highest BCUT2D eigenvalue weighted by Gasteiger charge is 2.88. The minimum Gasteiger partial charge on any atom is -0.0585 e. The zero-order valence-electron chi connectivity index (χ0n) is 9.58. The monoisotopic (exact) mass is 200 g/mol. The Labute approximate surface area is 91.8 Å². The van der Waals surface area contributed by atoms with Crippen molar-refractivity contribution in [2.45, 2.75) is 39.0 Å². The lowest BCUT2D eigenvalue weighted by atomic mass is 9.35.